The SMILES string of the molecule is O=Cc1c(Cl)[nH]c2ncnc(C3CCOCC3)c12. The largest absolute Gasteiger partial charge is 0.381 e. The Balaban J connectivity index is 2.18. The maximum absolute atomic E-state index is 11.2. The third-order valence-electron chi connectivity index (χ3n) is 3.34. The molecule has 6 heteroatoms. The highest BCUT2D eigenvalue weighted by molar-refractivity contribution is 6.34. The lowest BCUT2D eigenvalue weighted by atomic mass is 9.93. The van der Waals surface area contributed by atoms with Gasteiger partial charge in [-0.2, -0.15) is 0 Å². The average Bonchev–Trinajstić information content (AvgIpc) is 2.74. The number of aromatic amines is 1. The fourth-order valence-electron chi connectivity index (χ4n) is 2.43. The Hall–Kier alpha value is -1.46. The van der Waals surface area contributed by atoms with Gasteiger partial charge in [0.1, 0.15) is 17.1 Å². The number of hydrogen-bond donors (Lipinski definition) is 1. The van der Waals surface area contributed by atoms with Crippen molar-refractivity contribution in [1.29, 1.82) is 0 Å². The van der Waals surface area contributed by atoms with Gasteiger partial charge in [-0.05, 0) is 12.8 Å². The number of H-pyrrole nitrogens is 1. The summed E-state index contributed by atoms with van der Waals surface area (Å²) in [4.78, 5) is 22.5. The molecule has 3 heterocycles. The minimum Gasteiger partial charge on any atom is -0.381 e. The van der Waals surface area contributed by atoms with E-state index >= 15 is 0 Å². The second kappa shape index (κ2) is 4.66. The molecule has 1 fully saturated rings. The van der Waals surface area contributed by atoms with E-state index in [1.165, 1.54) is 6.33 Å². The van der Waals surface area contributed by atoms with Gasteiger partial charge in [0, 0.05) is 19.1 Å². The van der Waals surface area contributed by atoms with Gasteiger partial charge in [0.15, 0.2) is 6.29 Å². The number of fused-ring (bicyclic) bond motifs is 1. The van der Waals surface area contributed by atoms with Crippen molar-refractivity contribution in [2.75, 3.05) is 13.2 Å². The van der Waals surface area contributed by atoms with Crippen LogP contribution in [0.2, 0.25) is 5.15 Å². The first kappa shape index (κ1) is 11.6. The van der Waals surface area contributed by atoms with Crippen LogP contribution in [0.25, 0.3) is 11.0 Å². The van der Waals surface area contributed by atoms with E-state index in [4.69, 9.17) is 16.3 Å². The fraction of sp³-hybridized carbons (Fsp3) is 0.417. The molecule has 0 saturated carbocycles. The molecule has 0 unspecified atom stereocenters. The summed E-state index contributed by atoms with van der Waals surface area (Å²) in [7, 11) is 0. The quantitative estimate of drug-likeness (QED) is 0.846. The van der Waals surface area contributed by atoms with Crippen molar-refractivity contribution < 1.29 is 9.53 Å². The van der Waals surface area contributed by atoms with Crippen molar-refractivity contribution in [2.24, 2.45) is 0 Å². The molecule has 1 saturated heterocycles. The van der Waals surface area contributed by atoms with Gasteiger partial charge in [-0.25, -0.2) is 9.97 Å². The Bertz CT molecular complexity index is 590. The van der Waals surface area contributed by atoms with Crippen LogP contribution < -0.4 is 0 Å². The molecule has 0 atom stereocenters. The summed E-state index contributed by atoms with van der Waals surface area (Å²) < 4.78 is 5.35. The van der Waals surface area contributed by atoms with Crippen molar-refractivity contribution >= 4 is 28.9 Å². The van der Waals surface area contributed by atoms with Gasteiger partial charge in [0.2, 0.25) is 0 Å². The lowest BCUT2D eigenvalue weighted by Gasteiger charge is -2.21. The van der Waals surface area contributed by atoms with Crippen LogP contribution in [-0.2, 0) is 4.74 Å². The Kier molecular flexibility index (Phi) is 3.01. The highest BCUT2D eigenvalue weighted by Gasteiger charge is 2.23. The second-order valence-electron chi connectivity index (χ2n) is 4.34. The summed E-state index contributed by atoms with van der Waals surface area (Å²) in [5.74, 6) is 0.301. The Labute approximate surface area is 109 Å². The average molecular weight is 266 g/mol. The summed E-state index contributed by atoms with van der Waals surface area (Å²) in [6.45, 7) is 1.45. The lowest BCUT2D eigenvalue weighted by molar-refractivity contribution is 0.0848. The van der Waals surface area contributed by atoms with Crippen molar-refractivity contribution in [3.05, 3.63) is 22.7 Å². The van der Waals surface area contributed by atoms with E-state index in [-0.39, 0.29) is 0 Å². The number of aldehydes is 1. The number of carbonyl (C=O) groups excluding carboxylic acids is 1. The topological polar surface area (TPSA) is 67.9 Å². The van der Waals surface area contributed by atoms with E-state index in [0.29, 0.717) is 22.3 Å². The third kappa shape index (κ3) is 1.79. The van der Waals surface area contributed by atoms with E-state index in [0.717, 1.165) is 43.4 Å². The van der Waals surface area contributed by atoms with E-state index in [2.05, 4.69) is 15.0 Å². The van der Waals surface area contributed by atoms with E-state index in [1.807, 2.05) is 0 Å². The van der Waals surface area contributed by atoms with Crippen LogP contribution in [0.15, 0.2) is 6.33 Å². The fourth-order valence-corrected chi connectivity index (χ4v) is 2.66. The lowest BCUT2D eigenvalue weighted by Crippen LogP contribution is -2.15. The summed E-state index contributed by atoms with van der Waals surface area (Å²) in [5, 5.41) is 1.08. The monoisotopic (exact) mass is 265 g/mol. The predicted octanol–water partition coefficient (Wildman–Crippen LogP) is 2.32. The molecule has 0 amide bonds. The van der Waals surface area contributed by atoms with Gasteiger partial charge in [-0.3, -0.25) is 4.79 Å². The zero-order valence-corrected chi connectivity index (χ0v) is 10.4. The van der Waals surface area contributed by atoms with Gasteiger partial charge in [-0.1, -0.05) is 11.6 Å². The maximum Gasteiger partial charge on any atom is 0.153 e. The molecule has 0 spiro atoms. The molecular weight excluding hydrogens is 254 g/mol. The standard InChI is InChI=1S/C12H12ClN3O2/c13-11-8(5-17)9-10(7-1-3-18-4-2-7)14-6-15-12(9)16-11/h5-7H,1-4H2,(H,14,15,16). The van der Waals surface area contributed by atoms with Crippen LogP contribution in [0.4, 0.5) is 0 Å². The Morgan fingerprint density at radius 2 is 2.17 bits per heavy atom. The predicted molar refractivity (Wildman–Crippen MR) is 67.1 cm³/mol. The summed E-state index contributed by atoms with van der Waals surface area (Å²) in [6.07, 6.45) is 4.09. The zero-order chi connectivity index (χ0) is 12.5. The van der Waals surface area contributed by atoms with Gasteiger partial charge in [0.05, 0.1) is 16.6 Å². The Morgan fingerprint density at radius 3 is 2.89 bits per heavy atom. The van der Waals surface area contributed by atoms with Crippen LogP contribution in [-0.4, -0.2) is 34.5 Å². The van der Waals surface area contributed by atoms with Crippen LogP contribution in [0.5, 0.6) is 0 Å². The molecule has 3 rings (SSSR count). The molecule has 1 N–H and O–H groups in total. The van der Waals surface area contributed by atoms with Gasteiger partial charge in [0.25, 0.3) is 0 Å². The summed E-state index contributed by atoms with van der Waals surface area (Å²) in [5.41, 5.74) is 1.97. The minimum atomic E-state index is 0.301. The van der Waals surface area contributed by atoms with E-state index in [1.54, 1.807) is 0 Å². The van der Waals surface area contributed by atoms with Crippen molar-refractivity contribution in [2.45, 2.75) is 18.8 Å². The number of rotatable bonds is 2. The molecule has 0 aromatic carbocycles. The normalized spacial score (nSPS) is 17.2. The maximum atomic E-state index is 11.2. The van der Waals surface area contributed by atoms with E-state index in [9.17, 15) is 4.79 Å². The molecule has 0 bridgehead atoms. The number of halogens is 1. The first-order chi connectivity index (χ1) is 8.81. The number of hydrogen-bond acceptors (Lipinski definition) is 4. The number of aromatic nitrogens is 3. The molecule has 0 radical (unpaired) electrons. The van der Waals surface area contributed by atoms with Crippen LogP contribution in [0, 0.1) is 0 Å². The first-order valence-corrected chi connectivity index (χ1v) is 6.24. The number of nitrogens with one attached hydrogen (secondary N) is 1. The first-order valence-electron chi connectivity index (χ1n) is 5.86. The molecular formula is C12H12ClN3O2. The molecule has 1 aliphatic heterocycles. The second-order valence-corrected chi connectivity index (χ2v) is 4.72. The molecule has 0 aliphatic carbocycles. The molecule has 2 aromatic rings. The number of ether oxygens (including phenoxy) is 1. The van der Waals surface area contributed by atoms with Gasteiger partial charge < -0.3 is 9.72 Å². The van der Waals surface area contributed by atoms with Gasteiger partial charge in [-0.15, -0.1) is 0 Å². The van der Waals surface area contributed by atoms with Gasteiger partial charge >= 0.3 is 0 Å². The van der Waals surface area contributed by atoms with E-state index < -0.39 is 0 Å². The minimum absolute atomic E-state index is 0.301. The van der Waals surface area contributed by atoms with Crippen molar-refractivity contribution in [1.82, 2.24) is 15.0 Å². The molecule has 1 aliphatic rings. The number of carbonyl (C=O) groups is 1. The van der Waals surface area contributed by atoms with Crippen LogP contribution in [0.3, 0.4) is 0 Å². The third-order valence-corrected chi connectivity index (χ3v) is 3.63. The van der Waals surface area contributed by atoms with Crippen molar-refractivity contribution in [3.8, 4) is 0 Å². The summed E-state index contributed by atoms with van der Waals surface area (Å²) in [6, 6.07) is 0. The molecule has 94 valence electrons. The van der Waals surface area contributed by atoms with Crippen LogP contribution in [0.1, 0.15) is 34.8 Å². The smallest absolute Gasteiger partial charge is 0.153 e. The molecule has 5 nitrogen and oxygen atoms in total. The molecule has 18 heavy (non-hydrogen) atoms. The highest BCUT2D eigenvalue weighted by Crippen LogP contribution is 2.33. The van der Waals surface area contributed by atoms with Crippen molar-refractivity contribution in [3.63, 3.8) is 0 Å². The number of nitrogens with zero attached hydrogens (tertiary/aromatic N) is 2. The Morgan fingerprint density at radius 1 is 1.39 bits per heavy atom. The zero-order valence-electron chi connectivity index (χ0n) is 9.65. The highest BCUT2D eigenvalue weighted by atomic mass is 35.5. The summed E-state index contributed by atoms with van der Waals surface area (Å²) >= 11 is 6.00. The van der Waals surface area contributed by atoms with Crippen LogP contribution >= 0.6 is 11.6 Å². The molecule has 2 aromatic heterocycles.